The number of nitrogens with two attached hydrogens (primary N) is 1. The summed E-state index contributed by atoms with van der Waals surface area (Å²) in [6.45, 7) is 2.07. The van der Waals surface area contributed by atoms with E-state index in [4.69, 9.17) is 5.14 Å². The van der Waals surface area contributed by atoms with Crippen molar-refractivity contribution in [2.45, 2.75) is 23.1 Å². The minimum Gasteiger partial charge on any atom is -0.352 e. The highest BCUT2D eigenvalue weighted by Gasteiger charge is 2.22. The molecule has 0 atom stereocenters. The number of benzene rings is 2. The van der Waals surface area contributed by atoms with Crippen LogP contribution in [0.3, 0.4) is 0 Å². The molecule has 0 saturated carbocycles. The summed E-state index contributed by atoms with van der Waals surface area (Å²) in [7, 11) is -7.99. The van der Waals surface area contributed by atoms with Gasteiger partial charge in [-0.1, -0.05) is 12.1 Å². The second-order valence-electron chi connectivity index (χ2n) is 5.96. The van der Waals surface area contributed by atoms with Crippen LogP contribution in [-0.4, -0.2) is 29.3 Å². The van der Waals surface area contributed by atoms with Gasteiger partial charge in [-0.25, -0.2) is 22.0 Å². The van der Waals surface area contributed by atoms with Crippen molar-refractivity contribution in [2.75, 3.05) is 11.3 Å². The zero-order valence-electron chi connectivity index (χ0n) is 13.8. The molecule has 0 bridgehead atoms. The van der Waals surface area contributed by atoms with Gasteiger partial charge in [-0.15, -0.1) is 0 Å². The molecule has 1 amide bonds. The molecule has 0 saturated heterocycles. The van der Waals surface area contributed by atoms with E-state index in [1.165, 1.54) is 24.3 Å². The van der Waals surface area contributed by atoms with E-state index in [-0.39, 0.29) is 21.4 Å². The number of hydrogen-bond donors (Lipinski definition) is 3. The third kappa shape index (κ3) is 3.57. The monoisotopic (exact) mass is 395 g/mol. The molecule has 0 aromatic heterocycles. The van der Waals surface area contributed by atoms with Crippen LogP contribution in [-0.2, 0) is 26.5 Å². The average molecular weight is 395 g/mol. The zero-order valence-corrected chi connectivity index (χ0v) is 15.4. The van der Waals surface area contributed by atoms with Gasteiger partial charge in [0.25, 0.3) is 15.9 Å². The van der Waals surface area contributed by atoms with Gasteiger partial charge in [0.2, 0.25) is 10.0 Å². The molecule has 1 aliphatic heterocycles. The van der Waals surface area contributed by atoms with Gasteiger partial charge >= 0.3 is 0 Å². The minimum absolute atomic E-state index is 0.0572. The zero-order chi connectivity index (χ0) is 19.1. The predicted octanol–water partition coefficient (Wildman–Crippen LogP) is 0.729. The molecule has 26 heavy (non-hydrogen) atoms. The number of primary sulfonamides is 1. The molecule has 1 heterocycles. The van der Waals surface area contributed by atoms with Crippen LogP contribution in [0.4, 0.5) is 5.69 Å². The van der Waals surface area contributed by atoms with Crippen LogP contribution in [0.2, 0.25) is 0 Å². The van der Waals surface area contributed by atoms with Crippen LogP contribution in [0.1, 0.15) is 21.5 Å². The number of fused-ring (bicyclic) bond motifs is 1. The first-order valence-corrected chi connectivity index (χ1v) is 10.7. The summed E-state index contributed by atoms with van der Waals surface area (Å²) in [6.07, 6.45) is 0.629. The number of amides is 1. The van der Waals surface area contributed by atoms with Crippen molar-refractivity contribution in [1.29, 1.82) is 0 Å². The number of rotatable bonds is 4. The number of sulfonamides is 2. The molecule has 0 spiro atoms. The molecule has 0 fully saturated rings. The number of anilines is 1. The fourth-order valence-corrected chi connectivity index (χ4v) is 4.63. The van der Waals surface area contributed by atoms with E-state index < -0.39 is 20.0 Å². The third-order valence-corrected chi connectivity index (χ3v) is 6.49. The molecule has 0 aliphatic carbocycles. The molecule has 2 aromatic carbocycles. The molecule has 10 heteroatoms. The Hall–Kier alpha value is -2.43. The van der Waals surface area contributed by atoms with Crippen LogP contribution in [0.25, 0.3) is 0 Å². The van der Waals surface area contributed by atoms with Crippen molar-refractivity contribution in [3.05, 3.63) is 53.1 Å². The van der Waals surface area contributed by atoms with E-state index in [2.05, 4.69) is 10.0 Å². The highest BCUT2D eigenvalue weighted by Crippen LogP contribution is 2.24. The second-order valence-corrected chi connectivity index (χ2v) is 9.17. The van der Waals surface area contributed by atoms with Gasteiger partial charge in [-0.2, -0.15) is 0 Å². The largest absolute Gasteiger partial charge is 0.352 e. The van der Waals surface area contributed by atoms with Crippen molar-refractivity contribution in [3.8, 4) is 0 Å². The van der Waals surface area contributed by atoms with Crippen molar-refractivity contribution in [1.82, 2.24) is 5.32 Å². The highest BCUT2D eigenvalue weighted by atomic mass is 32.2. The Morgan fingerprint density at radius 2 is 1.81 bits per heavy atom. The van der Waals surface area contributed by atoms with Gasteiger partial charge in [-0.3, -0.25) is 9.52 Å². The van der Waals surface area contributed by atoms with Crippen LogP contribution >= 0.6 is 0 Å². The van der Waals surface area contributed by atoms with Crippen molar-refractivity contribution < 1.29 is 21.6 Å². The van der Waals surface area contributed by atoms with Crippen molar-refractivity contribution >= 4 is 31.6 Å². The fraction of sp³-hybridized carbons (Fsp3) is 0.188. The molecule has 138 valence electrons. The van der Waals surface area contributed by atoms with Crippen molar-refractivity contribution in [2.24, 2.45) is 5.14 Å². The summed E-state index contributed by atoms with van der Waals surface area (Å²) >= 11 is 0. The summed E-state index contributed by atoms with van der Waals surface area (Å²) in [5.41, 5.74) is 1.55. The van der Waals surface area contributed by atoms with Gasteiger partial charge in [-0.05, 0) is 48.7 Å². The summed E-state index contributed by atoms with van der Waals surface area (Å²) in [4.78, 5) is 11.7. The first kappa shape index (κ1) is 18.4. The maximum atomic E-state index is 12.6. The van der Waals surface area contributed by atoms with Gasteiger partial charge in [0.1, 0.15) is 0 Å². The Kier molecular flexibility index (Phi) is 4.51. The van der Waals surface area contributed by atoms with E-state index >= 15 is 0 Å². The topological polar surface area (TPSA) is 135 Å². The van der Waals surface area contributed by atoms with Crippen LogP contribution in [0.5, 0.6) is 0 Å². The summed E-state index contributed by atoms with van der Waals surface area (Å²) in [6, 6.07) is 8.38. The lowest BCUT2D eigenvalue weighted by atomic mass is 10.0. The van der Waals surface area contributed by atoms with E-state index in [0.717, 1.165) is 11.6 Å². The molecule has 3 rings (SSSR count). The number of carbonyl (C=O) groups excluding carboxylic acids is 1. The van der Waals surface area contributed by atoms with Crippen LogP contribution < -0.4 is 15.2 Å². The Morgan fingerprint density at radius 3 is 2.50 bits per heavy atom. The maximum Gasteiger partial charge on any atom is 0.261 e. The molecule has 1 aliphatic rings. The maximum absolute atomic E-state index is 12.6. The quantitative estimate of drug-likeness (QED) is 0.701. The number of hydrogen-bond acceptors (Lipinski definition) is 5. The van der Waals surface area contributed by atoms with E-state index in [9.17, 15) is 21.6 Å². The fourth-order valence-electron chi connectivity index (χ4n) is 2.74. The minimum atomic E-state index is -4.01. The summed E-state index contributed by atoms with van der Waals surface area (Å²) in [5, 5.41) is 7.81. The molecule has 0 unspecified atom stereocenters. The van der Waals surface area contributed by atoms with Gasteiger partial charge in [0.15, 0.2) is 0 Å². The SMILES string of the molecule is Cc1ccc(NS(=O)(=O)c2ccc3c(c2)C(=O)NCC3)cc1S(N)(=O)=O. The highest BCUT2D eigenvalue weighted by molar-refractivity contribution is 7.92. The number of aryl methyl sites for hydroxylation is 1. The van der Waals surface area contributed by atoms with Gasteiger partial charge in [0.05, 0.1) is 15.5 Å². The third-order valence-electron chi connectivity index (χ3n) is 4.06. The average Bonchev–Trinajstić information content (AvgIpc) is 2.55. The molecular weight excluding hydrogens is 378 g/mol. The predicted molar refractivity (Wildman–Crippen MR) is 95.8 cm³/mol. The molecular formula is C16H17N3O5S2. The Labute approximate surface area is 151 Å². The van der Waals surface area contributed by atoms with Crippen molar-refractivity contribution in [3.63, 3.8) is 0 Å². The van der Waals surface area contributed by atoms with E-state index in [1.807, 2.05) is 0 Å². The van der Waals surface area contributed by atoms with Gasteiger partial charge in [0, 0.05) is 12.1 Å². The number of carbonyl (C=O) groups is 1. The summed E-state index contributed by atoms with van der Waals surface area (Å²) < 4.78 is 50.7. The Bertz CT molecular complexity index is 1110. The molecule has 8 nitrogen and oxygen atoms in total. The van der Waals surface area contributed by atoms with E-state index in [0.29, 0.717) is 24.1 Å². The Morgan fingerprint density at radius 1 is 1.08 bits per heavy atom. The normalized spacial score (nSPS) is 14.5. The molecule has 4 N–H and O–H groups in total. The van der Waals surface area contributed by atoms with Gasteiger partial charge < -0.3 is 5.32 Å². The molecule has 2 aromatic rings. The number of nitrogens with one attached hydrogen (secondary N) is 2. The van der Waals surface area contributed by atoms with Crippen LogP contribution in [0, 0.1) is 6.92 Å². The second kappa shape index (κ2) is 6.38. The lowest BCUT2D eigenvalue weighted by Crippen LogP contribution is -2.32. The van der Waals surface area contributed by atoms with E-state index in [1.54, 1.807) is 13.0 Å². The lowest BCUT2D eigenvalue weighted by molar-refractivity contribution is 0.0945. The smallest absolute Gasteiger partial charge is 0.261 e. The first-order valence-electron chi connectivity index (χ1n) is 7.65. The van der Waals surface area contributed by atoms with Crippen LogP contribution in [0.15, 0.2) is 46.2 Å². The Balaban J connectivity index is 1.98. The summed E-state index contributed by atoms with van der Waals surface area (Å²) in [5.74, 6) is -0.324. The molecule has 0 radical (unpaired) electrons. The lowest BCUT2D eigenvalue weighted by Gasteiger charge is -2.17. The first-order chi connectivity index (χ1) is 12.1. The standard InChI is InChI=1S/C16H17N3O5S2/c1-10-2-4-12(8-15(10)25(17,21)22)19-26(23,24)13-5-3-11-6-7-18-16(20)14(11)9-13/h2-5,8-9,19H,6-7H2,1H3,(H,18,20)(H2,17,21,22).